The van der Waals surface area contributed by atoms with Crippen molar-refractivity contribution in [3.8, 4) is 17.2 Å². The molecule has 5 heteroatoms. The van der Waals surface area contributed by atoms with Crippen LogP contribution in [0.1, 0.15) is 11.1 Å². The van der Waals surface area contributed by atoms with Crippen molar-refractivity contribution in [3.05, 3.63) is 59.7 Å². The fourth-order valence-corrected chi connectivity index (χ4v) is 2.33. The lowest BCUT2D eigenvalue weighted by atomic mass is 10.1. The molecule has 1 amide bonds. The number of carbonyl (C=O) groups is 1. The van der Waals surface area contributed by atoms with Gasteiger partial charge in [0.25, 0.3) is 0 Å². The molecule has 0 aliphatic heterocycles. The van der Waals surface area contributed by atoms with Crippen LogP contribution >= 0.6 is 0 Å². The number of hydrogen-bond donors (Lipinski definition) is 0. The van der Waals surface area contributed by atoms with Gasteiger partial charge in [0.2, 0.25) is 5.91 Å². The molecule has 0 radical (unpaired) electrons. The first-order chi connectivity index (χ1) is 12.1. The molecule has 25 heavy (non-hydrogen) atoms. The monoisotopic (exact) mass is 341 g/mol. The molecule has 0 aliphatic carbocycles. The second-order valence-electron chi connectivity index (χ2n) is 5.48. The van der Waals surface area contributed by atoms with Crippen molar-refractivity contribution in [1.29, 1.82) is 0 Å². The molecule has 0 aromatic heterocycles. The standard InChI is InChI=1S/C20H23NO4/c1-21(14-15-5-9-17(23-2)10-6-15)20(22)12-8-16-7-11-18(24-3)13-19(16)25-4/h5-13H,14H2,1-4H3/b12-8+. The highest BCUT2D eigenvalue weighted by atomic mass is 16.5. The van der Waals surface area contributed by atoms with Gasteiger partial charge in [0.1, 0.15) is 17.2 Å². The molecule has 0 unspecified atom stereocenters. The maximum Gasteiger partial charge on any atom is 0.246 e. The van der Waals surface area contributed by atoms with Crippen molar-refractivity contribution in [1.82, 2.24) is 4.90 Å². The summed E-state index contributed by atoms with van der Waals surface area (Å²) in [5.41, 5.74) is 1.85. The second kappa shape index (κ2) is 8.78. The molecule has 0 heterocycles. The fourth-order valence-electron chi connectivity index (χ4n) is 2.33. The van der Waals surface area contributed by atoms with Crippen LogP contribution in [0.15, 0.2) is 48.5 Å². The van der Waals surface area contributed by atoms with Gasteiger partial charge in [-0.15, -0.1) is 0 Å². The summed E-state index contributed by atoms with van der Waals surface area (Å²) in [5, 5.41) is 0. The van der Waals surface area contributed by atoms with Crippen LogP contribution in [0.3, 0.4) is 0 Å². The third-order valence-corrected chi connectivity index (χ3v) is 3.80. The van der Waals surface area contributed by atoms with Gasteiger partial charge in [-0.1, -0.05) is 12.1 Å². The zero-order valence-electron chi connectivity index (χ0n) is 15.0. The maximum absolute atomic E-state index is 12.3. The van der Waals surface area contributed by atoms with E-state index < -0.39 is 0 Å². The van der Waals surface area contributed by atoms with Crippen molar-refractivity contribution in [2.45, 2.75) is 6.54 Å². The quantitative estimate of drug-likeness (QED) is 0.725. The van der Waals surface area contributed by atoms with Gasteiger partial charge in [-0.2, -0.15) is 0 Å². The van der Waals surface area contributed by atoms with Crippen LogP contribution in [0.5, 0.6) is 17.2 Å². The molecular weight excluding hydrogens is 318 g/mol. The van der Waals surface area contributed by atoms with Crippen molar-refractivity contribution < 1.29 is 19.0 Å². The molecule has 0 N–H and O–H groups in total. The lowest BCUT2D eigenvalue weighted by Crippen LogP contribution is -2.24. The topological polar surface area (TPSA) is 48.0 Å². The molecular formula is C20H23NO4. The van der Waals surface area contributed by atoms with Crippen molar-refractivity contribution in [3.63, 3.8) is 0 Å². The zero-order chi connectivity index (χ0) is 18.2. The normalized spacial score (nSPS) is 10.6. The summed E-state index contributed by atoms with van der Waals surface area (Å²) in [6.07, 6.45) is 3.28. The Hall–Kier alpha value is -2.95. The van der Waals surface area contributed by atoms with Gasteiger partial charge < -0.3 is 19.1 Å². The first-order valence-electron chi connectivity index (χ1n) is 7.85. The molecule has 132 valence electrons. The summed E-state index contributed by atoms with van der Waals surface area (Å²) < 4.78 is 15.6. The van der Waals surface area contributed by atoms with E-state index in [1.165, 1.54) is 6.08 Å². The average Bonchev–Trinajstić information content (AvgIpc) is 2.66. The molecule has 2 aromatic rings. The summed E-state index contributed by atoms with van der Waals surface area (Å²) in [7, 11) is 6.58. The highest BCUT2D eigenvalue weighted by Gasteiger charge is 2.07. The molecule has 0 bridgehead atoms. The van der Waals surface area contributed by atoms with Crippen LogP contribution in [-0.4, -0.2) is 39.2 Å². The van der Waals surface area contributed by atoms with Crippen LogP contribution in [-0.2, 0) is 11.3 Å². The summed E-state index contributed by atoms with van der Waals surface area (Å²) in [4.78, 5) is 14.0. The highest BCUT2D eigenvalue weighted by molar-refractivity contribution is 5.92. The Morgan fingerprint density at radius 3 is 2.20 bits per heavy atom. The van der Waals surface area contributed by atoms with Gasteiger partial charge in [-0.3, -0.25) is 4.79 Å². The zero-order valence-corrected chi connectivity index (χ0v) is 15.0. The van der Waals surface area contributed by atoms with E-state index in [1.54, 1.807) is 45.4 Å². The lowest BCUT2D eigenvalue weighted by molar-refractivity contribution is -0.125. The Labute approximate surface area is 148 Å². The smallest absolute Gasteiger partial charge is 0.246 e. The van der Waals surface area contributed by atoms with E-state index in [-0.39, 0.29) is 5.91 Å². The van der Waals surface area contributed by atoms with E-state index >= 15 is 0 Å². The largest absolute Gasteiger partial charge is 0.497 e. The summed E-state index contributed by atoms with van der Waals surface area (Å²) in [5.74, 6) is 2.07. The number of nitrogens with zero attached hydrogens (tertiary/aromatic N) is 1. The number of amides is 1. The second-order valence-corrected chi connectivity index (χ2v) is 5.48. The Morgan fingerprint density at radius 2 is 1.60 bits per heavy atom. The van der Waals surface area contributed by atoms with Crippen molar-refractivity contribution >= 4 is 12.0 Å². The number of benzene rings is 2. The summed E-state index contributed by atoms with van der Waals surface area (Å²) in [6, 6.07) is 13.1. The number of ether oxygens (including phenoxy) is 3. The van der Waals surface area contributed by atoms with E-state index in [2.05, 4.69) is 0 Å². The number of rotatable bonds is 7. The number of likely N-dealkylation sites (N-methyl/N-ethyl adjacent to an activating group) is 1. The minimum atomic E-state index is -0.0892. The van der Waals surface area contributed by atoms with E-state index in [1.807, 2.05) is 36.4 Å². The first-order valence-corrected chi connectivity index (χ1v) is 7.85. The lowest BCUT2D eigenvalue weighted by Gasteiger charge is -2.15. The molecule has 0 saturated carbocycles. The van der Waals surface area contributed by atoms with E-state index in [0.717, 1.165) is 16.9 Å². The van der Waals surface area contributed by atoms with Crippen LogP contribution < -0.4 is 14.2 Å². The number of methoxy groups -OCH3 is 3. The van der Waals surface area contributed by atoms with Crippen LogP contribution in [0.2, 0.25) is 0 Å². The van der Waals surface area contributed by atoms with Crippen LogP contribution in [0.25, 0.3) is 6.08 Å². The maximum atomic E-state index is 12.3. The third-order valence-electron chi connectivity index (χ3n) is 3.80. The first kappa shape index (κ1) is 18.4. The van der Waals surface area contributed by atoms with Gasteiger partial charge in [0, 0.05) is 31.3 Å². The predicted octanol–water partition coefficient (Wildman–Crippen LogP) is 3.38. The molecule has 0 atom stereocenters. The molecule has 2 rings (SSSR count). The van der Waals surface area contributed by atoms with Gasteiger partial charge in [-0.25, -0.2) is 0 Å². The van der Waals surface area contributed by atoms with Crippen molar-refractivity contribution in [2.75, 3.05) is 28.4 Å². The number of hydrogen-bond acceptors (Lipinski definition) is 4. The Morgan fingerprint density at radius 1 is 0.960 bits per heavy atom. The van der Waals surface area contributed by atoms with Gasteiger partial charge in [0.05, 0.1) is 21.3 Å². The number of carbonyl (C=O) groups excluding carboxylic acids is 1. The summed E-state index contributed by atoms with van der Waals surface area (Å²) in [6.45, 7) is 0.521. The highest BCUT2D eigenvalue weighted by Crippen LogP contribution is 2.25. The minimum Gasteiger partial charge on any atom is -0.497 e. The average molecular weight is 341 g/mol. The fraction of sp³-hybridized carbons (Fsp3) is 0.250. The predicted molar refractivity (Wildman–Crippen MR) is 98.0 cm³/mol. The molecule has 0 spiro atoms. The molecule has 2 aromatic carbocycles. The minimum absolute atomic E-state index is 0.0892. The Balaban J connectivity index is 2.03. The van der Waals surface area contributed by atoms with Crippen molar-refractivity contribution in [2.24, 2.45) is 0 Å². The molecule has 0 aliphatic rings. The summed E-state index contributed by atoms with van der Waals surface area (Å²) >= 11 is 0. The molecule has 0 fully saturated rings. The molecule has 5 nitrogen and oxygen atoms in total. The van der Waals surface area contributed by atoms with Gasteiger partial charge in [0.15, 0.2) is 0 Å². The SMILES string of the molecule is COc1ccc(CN(C)C(=O)/C=C/c2ccc(OC)cc2OC)cc1. The van der Waals surface area contributed by atoms with Crippen LogP contribution in [0.4, 0.5) is 0 Å². The van der Waals surface area contributed by atoms with E-state index in [9.17, 15) is 4.79 Å². The molecule has 0 saturated heterocycles. The third kappa shape index (κ3) is 5.01. The van der Waals surface area contributed by atoms with Crippen LogP contribution in [0, 0.1) is 0 Å². The van der Waals surface area contributed by atoms with E-state index in [4.69, 9.17) is 14.2 Å². The Kier molecular flexibility index (Phi) is 6.46. The van der Waals surface area contributed by atoms with E-state index in [0.29, 0.717) is 18.0 Å². The van der Waals surface area contributed by atoms with Gasteiger partial charge in [-0.05, 0) is 35.9 Å². The Bertz CT molecular complexity index is 738. The van der Waals surface area contributed by atoms with Gasteiger partial charge >= 0.3 is 0 Å².